The van der Waals surface area contributed by atoms with Crippen molar-refractivity contribution in [3.05, 3.63) is 89.2 Å². The number of carbonyl (C=O) groups excluding carboxylic acids is 2. The fraction of sp³-hybridized carbons (Fsp3) is 0. The number of hydrogen-bond acceptors (Lipinski definition) is 5. The number of carbonyl (C=O) groups is 2. The number of amides is 2. The van der Waals surface area contributed by atoms with Gasteiger partial charge in [-0.3, -0.25) is 9.59 Å². The lowest BCUT2D eigenvalue weighted by atomic mass is 10.1. The molecule has 0 spiro atoms. The van der Waals surface area contributed by atoms with Crippen LogP contribution in [-0.2, 0) is 0 Å². The van der Waals surface area contributed by atoms with Crippen molar-refractivity contribution in [2.24, 2.45) is 0 Å². The number of tetrazole rings is 1. The highest BCUT2D eigenvalue weighted by atomic mass is 35.5. The van der Waals surface area contributed by atoms with E-state index in [0.29, 0.717) is 44.7 Å². The van der Waals surface area contributed by atoms with Crippen LogP contribution >= 0.6 is 11.6 Å². The van der Waals surface area contributed by atoms with Crippen LogP contribution in [0.1, 0.15) is 21.0 Å². The van der Waals surface area contributed by atoms with Gasteiger partial charge in [0.25, 0.3) is 11.8 Å². The summed E-state index contributed by atoms with van der Waals surface area (Å²) in [4.78, 5) is 32.3. The fourth-order valence-electron chi connectivity index (χ4n) is 4.04. The number of rotatable bonds is 5. The molecule has 3 heterocycles. The summed E-state index contributed by atoms with van der Waals surface area (Å²) in [6.07, 6.45) is 0. The fourth-order valence-corrected chi connectivity index (χ4v) is 4.22. The van der Waals surface area contributed by atoms with Crippen LogP contribution in [0.15, 0.2) is 72.8 Å². The molecule has 0 saturated carbocycles. The molecule has 6 rings (SSSR count). The van der Waals surface area contributed by atoms with Gasteiger partial charge in [0.05, 0.1) is 16.9 Å². The normalized spacial score (nSPS) is 11.1. The van der Waals surface area contributed by atoms with E-state index in [4.69, 9.17) is 11.6 Å². The molecular formula is C25H17ClN8O2. The second-order valence-electron chi connectivity index (χ2n) is 8.06. The van der Waals surface area contributed by atoms with E-state index in [1.54, 1.807) is 36.4 Å². The molecule has 0 atom stereocenters. The quantitative estimate of drug-likeness (QED) is 0.228. The minimum atomic E-state index is -0.383. The van der Waals surface area contributed by atoms with E-state index in [2.05, 4.69) is 41.2 Å². The molecule has 0 fully saturated rings. The Kier molecular flexibility index (Phi) is 5.20. The Labute approximate surface area is 208 Å². The number of nitrogens with one attached hydrogen (secondary N) is 5. The summed E-state index contributed by atoms with van der Waals surface area (Å²) in [6, 6.07) is 21.6. The van der Waals surface area contributed by atoms with Crippen molar-refractivity contribution >= 4 is 56.6 Å². The van der Waals surface area contributed by atoms with Crippen molar-refractivity contribution in [2.45, 2.75) is 0 Å². The van der Waals surface area contributed by atoms with Crippen LogP contribution in [-0.4, -0.2) is 42.4 Å². The van der Waals surface area contributed by atoms with Crippen molar-refractivity contribution in [1.82, 2.24) is 30.6 Å². The largest absolute Gasteiger partial charge is 0.351 e. The molecule has 3 aromatic heterocycles. The number of benzene rings is 3. The van der Waals surface area contributed by atoms with Gasteiger partial charge in [0.2, 0.25) is 5.82 Å². The van der Waals surface area contributed by atoms with Crippen molar-refractivity contribution in [3.8, 4) is 11.4 Å². The maximum Gasteiger partial charge on any atom is 0.272 e. The molecule has 176 valence electrons. The monoisotopic (exact) mass is 496 g/mol. The number of para-hydroxylation sites is 2. The van der Waals surface area contributed by atoms with Crippen LogP contribution in [0, 0.1) is 0 Å². The van der Waals surface area contributed by atoms with Gasteiger partial charge in [-0.25, -0.2) is 0 Å². The van der Waals surface area contributed by atoms with E-state index in [1.807, 2.05) is 36.4 Å². The lowest BCUT2D eigenvalue weighted by Gasteiger charge is -2.08. The summed E-state index contributed by atoms with van der Waals surface area (Å²) in [5.41, 5.74) is 3.79. The summed E-state index contributed by atoms with van der Waals surface area (Å²) in [7, 11) is 0. The lowest BCUT2D eigenvalue weighted by molar-refractivity contribution is 0.101. The Hall–Kier alpha value is -4.96. The number of halogens is 1. The minimum absolute atomic E-state index is 0.287. The third-order valence-corrected chi connectivity index (χ3v) is 5.97. The van der Waals surface area contributed by atoms with Gasteiger partial charge in [-0.15, -0.1) is 10.2 Å². The predicted molar refractivity (Wildman–Crippen MR) is 137 cm³/mol. The summed E-state index contributed by atoms with van der Waals surface area (Å²) < 4.78 is 0. The molecule has 3 aromatic carbocycles. The standard InChI is InChI=1S/C25H17ClN8O2/c26-15-8-9-18(16(12-15)23-31-33-34-32-23)29-25(36)21-11-14-5-3-7-19(22(14)28-21)30-24(35)20-10-13-4-1-2-6-17(13)27-20/h1-12,27-28H,(H,29,36)(H,30,35)(H,31,32,33,34). The Balaban J connectivity index is 1.28. The summed E-state index contributed by atoms with van der Waals surface area (Å²) in [6.45, 7) is 0. The second kappa shape index (κ2) is 8.67. The Morgan fingerprint density at radius 1 is 0.778 bits per heavy atom. The third-order valence-electron chi connectivity index (χ3n) is 5.74. The van der Waals surface area contributed by atoms with Gasteiger partial charge < -0.3 is 20.6 Å². The number of nitrogens with zero attached hydrogens (tertiary/aromatic N) is 3. The predicted octanol–water partition coefficient (Wildman–Crippen LogP) is 4.99. The second-order valence-corrected chi connectivity index (χ2v) is 8.49. The van der Waals surface area contributed by atoms with Crippen molar-refractivity contribution in [1.29, 1.82) is 0 Å². The van der Waals surface area contributed by atoms with Gasteiger partial charge >= 0.3 is 0 Å². The molecule has 0 aliphatic rings. The Bertz CT molecular complexity index is 1720. The summed E-state index contributed by atoms with van der Waals surface area (Å²) in [5.74, 6) is -0.372. The molecule has 5 N–H and O–H groups in total. The molecule has 0 aliphatic carbocycles. The highest BCUT2D eigenvalue weighted by Crippen LogP contribution is 2.29. The Morgan fingerprint density at radius 3 is 2.33 bits per heavy atom. The summed E-state index contributed by atoms with van der Waals surface area (Å²) in [5, 5.41) is 21.9. The lowest BCUT2D eigenvalue weighted by Crippen LogP contribution is -2.14. The zero-order valence-electron chi connectivity index (χ0n) is 18.5. The maximum absolute atomic E-state index is 13.1. The van der Waals surface area contributed by atoms with Crippen LogP contribution in [0.25, 0.3) is 33.2 Å². The van der Waals surface area contributed by atoms with Crippen LogP contribution in [0.5, 0.6) is 0 Å². The number of fused-ring (bicyclic) bond motifs is 2. The first-order valence-electron chi connectivity index (χ1n) is 10.9. The van der Waals surface area contributed by atoms with E-state index in [1.165, 1.54) is 0 Å². The Morgan fingerprint density at radius 2 is 1.53 bits per heavy atom. The molecule has 0 unspecified atom stereocenters. The van der Waals surface area contributed by atoms with Crippen LogP contribution < -0.4 is 10.6 Å². The summed E-state index contributed by atoms with van der Waals surface area (Å²) >= 11 is 6.13. The van der Waals surface area contributed by atoms with Gasteiger partial charge in [0, 0.05) is 26.9 Å². The van der Waals surface area contributed by atoms with Gasteiger partial charge in [-0.1, -0.05) is 41.9 Å². The van der Waals surface area contributed by atoms with E-state index >= 15 is 0 Å². The third kappa shape index (κ3) is 3.95. The molecule has 2 amide bonds. The first-order chi connectivity index (χ1) is 17.5. The maximum atomic E-state index is 13.1. The zero-order valence-corrected chi connectivity index (χ0v) is 19.2. The average Bonchev–Trinajstić information content (AvgIpc) is 3.64. The van der Waals surface area contributed by atoms with Crippen molar-refractivity contribution in [2.75, 3.05) is 10.6 Å². The molecule has 0 saturated heterocycles. The van der Waals surface area contributed by atoms with Crippen molar-refractivity contribution in [3.63, 3.8) is 0 Å². The van der Waals surface area contributed by atoms with Gasteiger partial charge in [-0.2, -0.15) is 5.21 Å². The van der Waals surface area contributed by atoms with Gasteiger partial charge in [-0.05, 0) is 47.7 Å². The highest BCUT2D eigenvalue weighted by Gasteiger charge is 2.17. The highest BCUT2D eigenvalue weighted by molar-refractivity contribution is 6.31. The number of H-pyrrole nitrogens is 3. The van der Waals surface area contributed by atoms with E-state index in [0.717, 1.165) is 16.3 Å². The van der Waals surface area contributed by atoms with Gasteiger partial charge in [0.1, 0.15) is 11.4 Å². The topological polar surface area (TPSA) is 144 Å². The number of aromatic amines is 3. The molecule has 0 radical (unpaired) electrons. The van der Waals surface area contributed by atoms with Crippen LogP contribution in [0.4, 0.5) is 11.4 Å². The van der Waals surface area contributed by atoms with Crippen LogP contribution in [0.3, 0.4) is 0 Å². The molecule has 36 heavy (non-hydrogen) atoms. The molecule has 6 aromatic rings. The molecule has 0 bridgehead atoms. The molecular weight excluding hydrogens is 480 g/mol. The van der Waals surface area contributed by atoms with Crippen LogP contribution in [0.2, 0.25) is 5.02 Å². The molecule has 10 nitrogen and oxygen atoms in total. The first kappa shape index (κ1) is 21.6. The molecule has 11 heteroatoms. The van der Waals surface area contributed by atoms with Crippen molar-refractivity contribution < 1.29 is 9.59 Å². The molecule has 0 aliphatic heterocycles. The van der Waals surface area contributed by atoms with E-state index in [-0.39, 0.29) is 11.8 Å². The smallest absolute Gasteiger partial charge is 0.272 e. The first-order valence-corrected chi connectivity index (χ1v) is 11.3. The SMILES string of the molecule is O=C(Nc1cccc2cc(C(=O)Nc3ccc(Cl)cc3-c3nn[nH]n3)[nH]c12)c1cc2ccccc2[nH]1. The number of hydrogen-bond donors (Lipinski definition) is 5. The minimum Gasteiger partial charge on any atom is -0.351 e. The van der Waals surface area contributed by atoms with Gasteiger partial charge in [0.15, 0.2) is 0 Å². The van der Waals surface area contributed by atoms with E-state index < -0.39 is 0 Å². The average molecular weight is 497 g/mol. The number of aromatic nitrogens is 6. The van der Waals surface area contributed by atoms with E-state index in [9.17, 15) is 9.59 Å². The number of anilines is 2. The zero-order chi connectivity index (χ0) is 24.6.